The monoisotopic (exact) mass is 266 g/mol. The summed E-state index contributed by atoms with van der Waals surface area (Å²) < 4.78 is 4.26. The number of unbranched alkanes of at least 4 members (excludes halogenated alkanes) is 5. The zero-order valence-electron chi connectivity index (χ0n) is 11.0. The molecule has 0 radical (unpaired) electrons. The molecule has 0 aromatic carbocycles. The molecule has 0 aromatic rings. The second-order valence-corrected chi connectivity index (χ2v) is 4.39. The third-order valence-electron chi connectivity index (χ3n) is 2.12. The molecule has 0 fully saturated rings. The lowest BCUT2D eigenvalue weighted by molar-refractivity contribution is 0.0798. The Morgan fingerprint density at radius 1 is 1.12 bits per heavy atom. The normalized spacial score (nSPS) is 11.6. The maximum absolute atomic E-state index is 8.24. The number of aliphatic hydroxyl groups is 1. The van der Waals surface area contributed by atoms with E-state index in [9.17, 15) is 0 Å². The van der Waals surface area contributed by atoms with Crippen LogP contribution in [0.3, 0.4) is 0 Å². The highest BCUT2D eigenvalue weighted by Gasteiger charge is 2.12. The molecule has 17 heavy (non-hydrogen) atoms. The molecule has 0 saturated heterocycles. The number of aliphatic hydroxyl groups excluding tert-OH is 1. The molecule has 0 amide bonds. The summed E-state index contributed by atoms with van der Waals surface area (Å²) in [5, 5.41) is 24.4. The summed E-state index contributed by atoms with van der Waals surface area (Å²) >= 11 is 4.15. The van der Waals surface area contributed by atoms with Crippen LogP contribution in [0.2, 0.25) is 0 Å². The smallest absolute Gasteiger partial charge is 0.402 e. The molecule has 0 aromatic heterocycles. The first-order valence-corrected chi connectivity index (χ1v) is 6.95. The summed E-state index contributed by atoms with van der Waals surface area (Å²) in [5.74, 6) is 1.06. The van der Waals surface area contributed by atoms with E-state index in [0.717, 1.165) is 5.75 Å². The molecule has 1 unspecified atom stereocenters. The fourth-order valence-corrected chi connectivity index (χ4v) is 1.37. The molecule has 1 atom stereocenters. The van der Waals surface area contributed by atoms with E-state index in [2.05, 4.69) is 24.2 Å². The van der Waals surface area contributed by atoms with E-state index in [1.54, 1.807) is 0 Å². The fraction of sp³-hybridized carbons (Fsp3) is 1.00. The summed E-state index contributed by atoms with van der Waals surface area (Å²) in [7, 11) is -1.78. The van der Waals surface area contributed by atoms with Crippen molar-refractivity contribution in [1.29, 1.82) is 0 Å². The molecule has 4 nitrogen and oxygen atoms in total. The predicted molar refractivity (Wildman–Crippen MR) is 75.1 cm³/mol. The third-order valence-corrected chi connectivity index (χ3v) is 2.44. The van der Waals surface area contributed by atoms with Gasteiger partial charge in [-0.1, -0.05) is 39.0 Å². The summed E-state index contributed by atoms with van der Waals surface area (Å²) in [4.78, 5) is 0. The van der Waals surface area contributed by atoms with Crippen molar-refractivity contribution in [2.45, 2.75) is 58.5 Å². The van der Waals surface area contributed by atoms with Crippen LogP contribution in [0.5, 0.6) is 0 Å². The van der Waals surface area contributed by atoms with Crippen molar-refractivity contribution in [3.63, 3.8) is 0 Å². The predicted octanol–water partition coefficient (Wildman–Crippen LogP) is 1.63. The van der Waals surface area contributed by atoms with Crippen LogP contribution < -0.4 is 0 Å². The lowest BCUT2D eigenvalue weighted by Gasteiger charge is -2.06. The summed E-state index contributed by atoms with van der Waals surface area (Å²) in [6.45, 7) is 3.57. The van der Waals surface area contributed by atoms with E-state index in [1.807, 2.05) is 0 Å². The SMILES string of the molecule is CC(CO)OB(O)O.CCCCCCCCS. The Kier molecular flexibility index (Phi) is 18.7. The van der Waals surface area contributed by atoms with E-state index < -0.39 is 13.4 Å². The van der Waals surface area contributed by atoms with Crippen LogP contribution in [0, 0.1) is 0 Å². The van der Waals surface area contributed by atoms with Gasteiger partial charge in [-0.2, -0.15) is 12.6 Å². The average molecular weight is 266 g/mol. The molecule has 0 spiro atoms. The van der Waals surface area contributed by atoms with Gasteiger partial charge in [0.15, 0.2) is 0 Å². The Labute approximate surface area is 111 Å². The molecule has 6 heteroatoms. The Balaban J connectivity index is 0. The van der Waals surface area contributed by atoms with Crippen LogP contribution in [0.4, 0.5) is 0 Å². The molecule has 0 saturated carbocycles. The first-order chi connectivity index (χ1) is 8.08. The van der Waals surface area contributed by atoms with Crippen molar-refractivity contribution in [2.24, 2.45) is 0 Å². The van der Waals surface area contributed by atoms with E-state index in [-0.39, 0.29) is 6.61 Å². The van der Waals surface area contributed by atoms with Crippen molar-refractivity contribution in [3.8, 4) is 0 Å². The fourth-order valence-electron chi connectivity index (χ4n) is 1.14. The number of rotatable bonds is 9. The van der Waals surface area contributed by atoms with Gasteiger partial charge in [0.25, 0.3) is 0 Å². The first-order valence-electron chi connectivity index (χ1n) is 6.31. The van der Waals surface area contributed by atoms with Crippen molar-refractivity contribution in [1.82, 2.24) is 0 Å². The molecule has 0 aliphatic rings. The molecule has 0 aliphatic carbocycles. The standard InChI is InChI=1S/C8H18S.C3H9BO4/c1-2-3-4-5-6-7-8-9;1-3(2-5)8-4(6)7/h9H,2-8H2,1H3;3,5-7H,2H2,1H3. The second-order valence-electron chi connectivity index (χ2n) is 3.95. The summed E-state index contributed by atoms with van der Waals surface area (Å²) in [6.07, 6.45) is 7.75. The van der Waals surface area contributed by atoms with Crippen LogP contribution in [-0.4, -0.2) is 40.9 Å². The third kappa shape index (κ3) is 22.0. The Morgan fingerprint density at radius 2 is 1.65 bits per heavy atom. The van der Waals surface area contributed by atoms with Crippen molar-refractivity contribution >= 4 is 20.0 Å². The van der Waals surface area contributed by atoms with Crippen molar-refractivity contribution < 1.29 is 19.8 Å². The Morgan fingerprint density at radius 3 is 2.00 bits per heavy atom. The molecule has 0 heterocycles. The second kappa shape index (κ2) is 16.3. The van der Waals surface area contributed by atoms with Gasteiger partial charge < -0.3 is 19.8 Å². The molecule has 0 rings (SSSR count). The first kappa shape index (κ1) is 19.6. The molecular formula is C11H27BO4S. The van der Waals surface area contributed by atoms with Gasteiger partial charge in [-0.3, -0.25) is 0 Å². The van der Waals surface area contributed by atoms with Crippen LogP contribution in [-0.2, 0) is 4.65 Å². The van der Waals surface area contributed by atoms with Gasteiger partial charge in [0.2, 0.25) is 0 Å². The Hall–Kier alpha value is 0.255. The maximum atomic E-state index is 8.24. The van der Waals surface area contributed by atoms with Crippen LogP contribution in [0.15, 0.2) is 0 Å². The minimum Gasteiger partial charge on any atom is -0.402 e. The van der Waals surface area contributed by atoms with Gasteiger partial charge in [0.1, 0.15) is 0 Å². The molecule has 0 bridgehead atoms. The minimum atomic E-state index is -1.78. The highest BCUT2D eigenvalue weighted by molar-refractivity contribution is 7.80. The summed E-state index contributed by atoms with van der Waals surface area (Å²) in [6, 6.07) is 0. The summed E-state index contributed by atoms with van der Waals surface area (Å²) in [5.41, 5.74) is 0. The topological polar surface area (TPSA) is 69.9 Å². The number of thiol groups is 1. The van der Waals surface area contributed by atoms with E-state index in [1.165, 1.54) is 45.4 Å². The molecule has 0 aliphatic heterocycles. The zero-order valence-corrected chi connectivity index (χ0v) is 11.9. The van der Waals surface area contributed by atoms with Crippen LogP contribution in [0.25, 0.3) is 0 Å². The molecular weight excluding hydrogens is 239 g/mol. The zero-order chi connectivity index (χ0) is 13.5. The van der Waals surface area contributed by atoms with Crippen molar-refractivity contribution in [2.75, 3.05) is 12.4 Å². The van der Waals surface area contributed by atoms with Gasteiger partial charge in [-0.05, 0) is 19.1 Å². The molecule has 104 valence electrons. The quantitative estimate of drug-likeness (QED) is 0.291. The maximum Gasteiger partial charge on any atom is 0.634 e. The van der Waals surface area contributed by atoms with E-state index >= 15 is 0 Å². The van der Waals surface area contributed by atoms with Crippen LogP contribution in [0.1, 0.15) is 52.4 Å². The van der Waals surface area contributed by atoms with Crippen molar-refractivity contribution in [3.05, 3.63) is 0 Å². The van der Waals surface area contributed by atoms with E-state index in [0.29, 0.717) is 0 Å². The lowest BCUT2D eigenvalue weighted by Crippen LogP contribution is -2.25. The lowest BCUT2D eigenvalue weighted by atomic mass is 10.1. The van der Waals surface area contributed by atoms with Gasteiger partial charge >= 0.3 is 7.32 Å². The van der Waals surface area contributed by atoms with Gasteiger partial charge in [-0.25, -0.2) is 0 Å². The minimum absolute atomic E-state index is 0.211. The Bertz CT molecular complexity index is 133. The van der Waals surface area contributed by atoms with Crippen LogP contribution >= 0.6 is 12.6 Å². The largest absolute Gasteiger partial charge is 0.634 e. The highest BCUT2D eigenvalue weighted by Crippen LogP contribution is 2.04. The average Bonchev–Trinajstić information content (AvgIpc) is 2.29. The number of hydrogen-bond acceptors (Lipinski definition) is 5. The molecule has 3 N–H and O–H groups in total. The highest BCUT2D eigenvalue weighted by atomic mass is 32.1. The van der Waals surface area contributed by atoms with Gasteiger partial charge in [-0.15, -0.1) is 0 Å². The number of hydrogen-bond donors (Lipinski definition) is 4. The van der Waals surface area contributed by atoms with Gasteiger partial charge in [0, 0.05) is 0 Å². The van der Waals surface area contributed by atoms with E-state index in [4.69, 9.17) is 15.2 Å². The van der Waals surface area contributed by atoms with Gasteiger partial charge in [0.05, 0.1) is 12.7 Å².